The van der Waals surface area contributed by atoms with Gasteiger partial charge >= 0.3 is 6.09 Å². The molecule has 130 valence electrons. The summed E-state index contributed by atoms with van der Waals surface area (Å²) in [5, 5.41) is 9.45. The molecular formula is C16H21N3O4S. The van der Waals surface area contributed by atoms with Crippen LogP contribution in [0.25, 0.3) is 0 Å². The normalized spacial score (nSPS) is 28.0. The van der Waals surface area contributed by atoms with Crippen LogP contribution >= 0.6 is 12.2 Å². The first-order chi connectivity index (χ1) is 11.7. The topological polar surface area (TPSA) is 80.9 Å². The standard InChI is InChI=1S/C16H21N3O4S/c1-2-17-16(20)23-12-9-22-13-11(8-21-14(12)13)19-15(24)18-10-6-4-3-5-7-10/h3-7,11-14H,2,8-9H2,1H3,(H,17,20)(H2,18,19,24). The maximum atomic E-state index is 11.6. The number of alkyl carbamates (subject to hydrolysis) is 1. The van der Waals surface area contributed by atoms with E-state index in [9.17, 15) is 4.79 Å². The van der Waals surface area contributed by atoms with Crippen LogP contribution in [0, 0.1) is 0 Å². The molecule has 2 heterocycles. The van der Waals surface area contributed by atoms with Crippen molar-refractivity contribution in [3.63, 3.8) is 0 Å². The molecule has 3 rings (SSSR count). The quantitative estimate of drug-likeness (QED) is 0.705. The van der Waals surface area contributed by atoms with Gasteiger partial charge in [-0.1, -0.05) is 18.2 Å². The number of carbonyl (C=O) groups is 1. The molecule has 2 saturated heterocycles. The van der Waals surface area contributed by atoms with Gasteiger partial charge in [-0.2, -0.15) is 0 Å². The van der Waals surface area contributed by atoms with E-state index in [2.05, 4.69) is 16.0 Å². The highest BCUT2D eigenvalue weighted by molar-refractivity contribution is 7.80. The lowest BCUT2D eigenvalue weighted by atomic mass is 10.1. The number of carbonyl (C=O) groups excluding carboxylic acids is 1. The zero-order valence-electron chi connectivity index (χ0n) is 13.4. The van der Waals surface area contributed by atoms with Gasteiger partial charge in [-0.25, -0.2) is 4.79 Å². The van der Waals surface area contributed by atoms with Gasteiger partial charge in [-0.3, -0.25) is 0 Å². The lowest BCUT2D eigenvalue weighted by Crippen LogP contribution is -2.46. The Morgan fingerprint density at radius 3 is 2.75 bits per heavy atom. The minimum absolute atomic E-state index is 0.0819. The van der Waals surface area contributed by atoms with Crippen molar-refractivity contribution in [2.75, 3.05) is 25.1 Å². The molecule has 0 spiro atoms. The number of fused-ring (bicyclic) bond motifs is 1. The van der Waals surface area contributed by atoms with Crippen LogP contribution in [-0.4, -0.2) is 55.3 Å². The zero-order chi connectivity index (χ0) is 16.9. The average Bonchev–Trinajstić information content (AvgIpc) is 3.13. The van der Waals surface area contributed by atoms with Gasteiger partial charge in [-0.05, 0) is 31.3 Å². The Morgan fingerprint density at radius 1 is 1.25 bits per heavy atom. The Morgan fingerprint density at radius 2 is 2.00 bits per heavy atom. The molecule has 1 aromatic rings. The number of hydrogen-bond donors (Lipinski definition) is 3. The largest absolute Gasteiger partial charge is 0.441 e. The molecule has 4 unspecified atom stereocenters. The van der Waals surface area contributed by atoms with E-state index in [1.807, 2.05) is 37.3 Å². The van der Waals surface area contributed by atoms with Crippen molar-refractivity contribution in [3.8, 4) is 0 Å². The molecule has 3 N–H and O–H groups in total. The minimum Gasteiger partial charge on any atom is -0.441 e. The number of para-hydroxylation sites is 1. The molecule has 2 fully saturated rings. The minimum atomic E-state index is -0.451. The number of benzene rings is 1. The number of ether oxygens (including phenoxy) is 3. The van der Waals surface area contributed by atoms with Crippen LogP contribution in [0.15, 0.2) is 30.3 Å². The lowest BCUT2D eigenvalue weighted by Gasteiger charge is -2.19. The van der Waals surface area contributed by atoms with Crippen molar-refractivity contribution >= 4 is 29.1 Å². The fraction of sp³-hybridized carbons (Fsp3) is 0.500. The highest BCUT2D eigenvalue weighted by Crippen LogP contribution is 2.29. The highest BCUT2D eigenvalue weighted by Gasteiger charge is 2.49. The van der Waals surface area contributed by atoms with E-state index in [4.69, 9.17) is 26.4 Å². The highest BCUT2D eigenvalue weighted by atomic mass is 32.1. The molecule has 0 bridgehead atoms. The van der Waals surface area contributed by atoms with Crippen LogP contribution < -0.4 is 16.0 Å². The van der Waals surface area contributed by atoms with E-state index in [0.29, 0.717) is 24.9 Å². The molecule has 0 aliphatic carbocycles. The smallest absolute Gasteiger partial charge is 0.407 e. The third-order valence-electron chi connectivity index (χ3n) is 3.94. The van der Waals surface area contributed by atoms with Gasteiger partial charge in [0.15, 0.2) is 11.2 Å². The van der Waals surface area contributed by atoms with Crippen LogP contribution in [0.5, 0.6) is 0 Å². The lowest BCUT2D eigenvalue weighted by molar-refractivity contribution is 0.00425. The number of nitrogens with one attached hydrogen (secondary N) is 3. The van der Waals surface area contributed by atoms with E-state index in [1.165, 1.54) is 0 Å². The second-order valence-electron chi connectivity index (χ2n) is 5.64. The molecule has 8 heteroatoms. The number of hydrogen-bond acceptors (Lipinski definition) is 5. The summed E-state index contributed by atoms with van der Waals surface area (Å²) in [6.45, 7) is 3.12. The summed E-state index contributed by atoms with van der Waals surface area (Å²) in [5.74, 6) is 0. The van der Waals surface area contributed by atoms with Crippen molar-refractivity contribution in [1.29, 1.82) is 0 Å². The molecule has 4 atom stereocenters. The Hall–Kier alpha value is -1.90. The zero-order valence-corrected chi connectivity index (χ0v) is 14.2. The summed E-state index contributed by atoms with van der Waals surface area (Å²) in [6.07, 6.45) is -1.32. The molecule has 2 aliphatic heterocycles. The summed E-state index contributed by atoms with van der Waals surface area (Å²) in [4.78, 5) is 11.6. The van der Waals surface area contributed by atoms with Crippen LogP contribution in [0.1, 0.15) is 6.92 Å². The third kappa shape index (κ3) is 3.95. The first kappa shape index (κ1) is 16.9. The summed E-state index contributed by atoms with van der Waals surface area (Å²) in [7, 11) is 0. The molecule has 0 aromatic heterocycles. The first-order valence-corrected chi connectivity index (χ1v) is 8.38. The summed E-state index contributed by atoms with van der Waals surface area (Å²) < 4.78 is 16.8. The molecule has 0 saturated carbocycles. The van der Waals surface area contributed by atoms with Crippen LogP contribution in [0.2, 0.25) is 0 Å². The molecule has 1 aromatic carbocycles. The van der Waals surface area contributed by atoms with Gasteiger partial charge in [0.2, 0.25) is 0 Å². The monoisotopic (exact) mass is 351 g/mol. The van der Waals surface area contributed by atoms with E-state index in [0.717, 1.165) is 5.69 Å². The number of thiocarbonyl (C=S) groups is 1. The first-order valence-electron chi connectivity index (χ1n) is 7.97. The predicted octanol–water partition coefficient (Wildman–Crippen LogP) is 1.25. The van der Waals surface area contributed by atoms with E-state index >= 15 is 0 Å². The van der Waals surface area contributed by atoms with E-state index < -0.39 is 12.2 Å². The average molecular weight is 351 g/mol. The Balaban J connectivity index is 1.51. The van der Waals surface area contributed by atoms with E-state index in [1.54, 1.807) is 0 Å². The van der Waals surface area contributed by atoms with Crippen LogP contribution in [-0.2, 0) is 14.2 Å². The van der Waals surface area contributed by atoms with Crippen LogP contribution in [0.3, 0.4) is 0 Å². The van der Waals surface area contributed by atoms with Crippen molar-refractivity contribution in [1.82, 2.24) is 10.6 Å². The summed E-state index contributed by atoms with van der Waals surface area (Å²) in [5.41, 5.74) is 0.912. The van der Waals surface area contributed by atoms with E-state index in [-0.39, 0.29) is 18.2 Å². The maximum absolute atomic E-state index is 11.6. The fourth-order valence-corrected chi connectivity index (χ4v) is 3.14. The third-order valence-corrected chi connectivity index (χ3v) is 4.16. The molecule has 1 amide bonds. The number of rotatable bonds is 4. The van der Waals surface area contributed by atoms with Crippen molar-refractivity contribution < 1.29 is 19.0 Å². The van der Waals surface area contributed by atoms with Crippen molar-refractivity contribution in [2.24, 2.45) is 0 Å². The molecule has 2 aliphatic rings. The van der Waals surface area contributed by atoms with Crippen molar-refractivity contribution in [3.05, 3.63) is 30.3 Å². The van der Waals surface area contributed by atoms with Crippen LogP contribution in [0.4, 0.5) is 10.5 Å². The Bertz CT molecular complexity index is 586. The van der Waals surface area contributed by atoms with Gasteiger partial charge in [0.05, 0.1) is 19.3 Å². The fourth-order valence-electron chi connectivity index (χ4n) is 2.87. The molecular weight excluding hydrogens is 330 g/mol. The van der Waals surface area contributed by atoms with Gasteiger partial charge in [0.25, 0.3) is 0 Å². The predicted molar refractivity (Wildman–Crippen MR) is 93.0 cm³/mol. The molecule has 7 nitrogen and oxygen atoms in total. The summed E-state index contributed by atoms with van der Waals surface area (Å²) >= 11 is 5.34. The molecule has 0 radical (unpaired) electrons. The number of anilines is 1. The Kier molecular flexibility index (Phi) is 5.49. The van der Waals surface area contributed by atoms with Gasteiger partial charge in [-0.15, -0.1) is 0 Å². The SMILES string of the molecule is CCNC(=O)OC1COC2C(NC(=S)Nc3ccccc3)COC12. The second kappa shape index (κ2) is 7.78. The van der Waals surface area contributed by atoms with Gasteiger partial charge < -0.3 is 30.2 Å². The van der Waals surface area contributed by atoms with Gasteiger partial charge in [0, 0.05) is 12.2 Å². The van der Waals surface area contributed by atoms with Crippen molar-refractivity contribution in [2.45, 2.75) is 31.3 Å². The maximum Gasteiger partial charge on any atom is 0.407 e. The number of amides is 1. The Labute approximate surface area is 146 Å². The molecule has 24 heavy (non-hydrogen) atoms. The summed E-state index contributed by atoms with van der Waals surface area (Å²) in [6, 6.07) is 9.60. The second-order valence-corrected chi connectivity index (χ2v) is 6.05. The van der Waals surface area contributed by atoms with Gasteiger partial charge in [0.1, 0.15) is 12.2 Å².